The molecule has 1 unspecified atom stereocenters. The van der Waals surface area contributed by atoms with Gasteiger partial charge in [0.15, 0.2) is 0 Å². The van der Waals surface area contributed by atoms with Crippen molar-refractivity contribution in [3.05, 3.63) is 11.6 Å². The molecular weight excluding hydrogens is 174 g/mol. The summed E-state index contributed by atoms with van der Waals surface area (Å²) < 4.78 is 0. The Kier molecular flexibility index (Phi) is 4.13. The molecule has 0 aromatic rings. The van der Waals surface area contributed by atoms with E-state index in [0.29, 0.717) is 6.08 Å². The summed E-state index contributed by atoms with van der Waals surface area (Å²) in [7, 11) is 3.37. The lowest BCUT2D eigenvalue weighted by atomic mass is 10.1. The minimum absolute atomic E-state index is 0.127. The second-order valence-corrected chi connectivity index (χ2v) is 2.88. The topological polar surface area (TPSA) is 77.8 Å². The number of carboxylic acids is 2. The Bertz CT molecular complexity index is 245. The Morgan fingerprint density at radius 3 is 2.00 bits per heavy atom. The Morgan fingerprint density at radius 1 is 1.31 bits per heavy atom. The fourth-order valence-electron chi connectivity index (χ4n) is 0.772. The van der Waals surface area contributed by atoms with Crippen LogP contribution in [0.2, 0.25) is 0 Å². The molecule has 0 aliphatic heterocycles. The van der Waals surface area contributed by atoms with Gasteiger partial charge in [-0.3, -0.25) is 0 Å². The van der Waals surface area contributed by atoms with E-state index in [1.807, 2.05) is 0 Å². The summed E-state index contributed by atoms with van der Waals surface area (Å²) in [5, 5.41) is 17.1. The van der Waals surface area contributed by atoms with Crippen LogP contribution in [-0.4, -0.2) is 47.2 Å². The maximum atomic E-state index is 10.6. The molecule has 0 amide bonds. The quantitative estimate of drug-likeness (QED) is 0.607. The zero-order valence-electron chi connectivity index (χ0n) is 7.81. The van der Waals surface area contributed by atoms with Gasteiger partial charge in [0, 0.05) is 12.1 Å². The van der Waals surface area contributed by atoms with Crippen molar-refractivity contribution in [1.29, 1.82) is 0 Å². The predicted octanol–water partition coefficient (Wildman–Crippen LogP) is 0.0321. The van der Waals surface area contributed by atoms with Gasteiger partial charge in [-0.2, -0.15) is 0 Å². The van der Waals surface area contributed by atoms with Gasteiger partial charge in [0.25, 0.3) is 0 Å². The van der Waals surface area contributed by atoms with Gasteiger partial charge in [-0.1, -0.05) is 0 Å². The van der Waals surface area contributed by atoms with Crippen molar-refractivity contribution < 1.29 is 19.8 Å². The third kappa shape index (κ3) is 3.71. The fraction of sp³-hybridized carbons (Fsp3) is 0.500. The molecule has 0 bridgehead atoms. The van der Waals surface area contributed by atoms with Gasteiger partial charge in [-0.05, 0) is 21.0 Å². The molecule has 13 heavy (non-hydrogen) atoms. The summed E-state index contributed by atoms with van der Waals surface area (Å²) in [5.74, 6) is -2.45. The summed E-state index contributed by atoms with van der Waals surface area (Å²) >= 11 is 0. The van der Waals surface area contributed by atoms with Gasteiger partial charge in [-0.15, -0.1) is 0 Å². The van der Waals surface area contributed by atoms with E-state index in [4.69, 9.17) is 10.2 Å². The molecule has 0 radical (unpaired) electrons. The van der Waals surface area contributed by atoms with E-state index >= 15 is 0 Å². The minimum atomic E-state index is -1.24. The highest BCUT2D eigenvalue weighted by Gasteiger charge is 2.18. The molecule has 5 nitrogen and oxygen atoms in total. The number of nitrogens with zero attached hydrogens (tertiary/aromatic N) is 1. The Hall–Kier alpha value is -1.36. The molecule has 2 N–H and O–H groups in total. The van der Waals surface area contributed by atoms with E-state index in [0.717, 1.165) is 0 Å². The largest absolute Gasteiger partial charge is 0.478 e. The van der Waals surface area contributed by atoms with E-state index in [1.54, 1.807) is 25.9 Å². The second kappa shape index (κ2) is 4.61. The van der Waals surface area contributed by atoms with E-state index < -0.39 is 18.0 Å². The highest BCUT2D eigenvalue weighted by atomic mass is 16.4. The number of hydrogen-bond donors (Lipinski definition) is 2. The first-order chi connectivity index (χ1) is 5.86. The molecule has 0 aliphatic rings. The first-order valence-corrected chi connectivity index (χ1v) is 3.70. The van der Waals surface area contributed by atoms with Gasteiger partial charge < -0.3 is 15.1 Å². The van der Waals surface area contributed by atoms with Crippen molar-refractivity contribution in [2.24, 2.45) is 0 Å². The average molecular weight is 187 g/mol. The normalized spacial score (nSPS) is 14.3. The van der Waals surface area contributed by atoms with Crippen LogP contribution in [0.5, 0.6) is 0 Å². The van der Waals surface area contributed by atoms with Crippen LogP contribution in [0.4, 0.5) is 0 Å². The Balaban J connectivity index is 4.82. The Morgan fingerprint density at radius 2 is 1.77 bits per heavy atom. The molecule has 0 aromatic carbocycles. The number of likely N-dealkylation sites (N-methyl/N-ethyl adjacent to an activating group) is 1. The minimum Gasteiger partial charge on any atom is -0.478 e. The van der Waals surface area contributed by atoms with Crippen LogP contribution in [0, 0.1) is 0 Å². The van der Waals surface area contributed by atoms with Crippen molar-refractivity contribution in [3.63, 3.8) is 0 Å². The number of rotatable bonds is 4. The summed E-state index contributed by atoms with van der Waals surface area (Å²) in [6, 6.07) is -0.423. The third-order valence-corrected chi connectivity index (χ3v) is 1.75. The monoisotopic (exact) mass is 187 g/mol. The average Bonchev–Trinajstić information content (AvgIpc) is 1.97. The molecular formula is C8H13NO4. The lowest BCUT2D eigenvalue weighted by molar-refractivity contribution is -0.135. The summed E-state index contributed by atoms with van der Waals surface area (Å²) in [4.78, 5) is 22.5. The lowest BCUT2D eigenvalue weighted by Gasteiger charge is -2.19. The molecule has 0 saturated carbocycles. The third-order valence-electron chi connectivity index (χ3n) is 1.75. The van der Waals surface area contributed by atoms with Crippen molar-refractivity contribution in [1.82, 2.24) is 4.90 Å². The van der Waals surface area contributed by atoms with Crippen LogP contribution >= 0.6 is 0 Å². The van der Waals surface area contributed by atoms with Crippen molar-refractivity contribution in [2.75, 3.05) is 14.1 Å². The van der Waals surface area contributed by atoms with Crippen LogP contribution in [0.3, 0.4) is 0 Å². The van der Waals surface area contributed by atoms with E-state index in [9.17, 15) is 9.59 Å². The van der Waals surface area contributed by atoms with Gasteiger partial charge in [0.1, 0.15) is 0 Å². The van der Waals surface area contributed by atoms with Crippen LogP contribution in [0.1, 0.15) is 6.92 Å². The lowest BCUT2D eigenvalue weighted by Crippen LogP contribution is -2.30. The molecule has 5 heteroatoms. The van der Waals surface area contributed by atoms with E-state index in [-0.39, 0.29) is 5.57 Å². The second-order valence-electron chi connectivity index (χ2n) is 2.88. The highest BCUT2D eigenvalue weighted by Crippen LogP contribution is 2.07. The molecule has 0 rings (SSSR count). The zero-order chi connectivity index (χ0) is 10.6. The van der Waals surface area contributed by atoms with Gasteiger partial charge in [0.05, 0.1) is 5.57 Å². The zero-order valence-corrected chi connectivity index (χ0v) is 7.81. The molecule has 0 aromatic heterocycles. The van der Waals surface area contributed by atoms with Gasteiger partial charge >= 0.3 is 11.9 Å². The maximum absolute atomic E-state index is 10.6. The maximum Gasteiger partial charge on any atom is 0.333 e. The number of hydrogen-bond acceptors (Lipinski definition) is 3. The summed E-state index contributed by atoms with van der Waals surface area (Å²) in [6.45, 7) is 1.63. The molecule has 0 aliphatic carbocycles. The van der Waals surface area contributed by atoms with E-state index in [2.05, 4.69) is 0 Å². The van der Waals surface area contributed by atoms with Crippen LogP contribution in [0.15, 0.2) is 11.6 Å². The van der Waals surface area contributed by atoms with Crippen LogP contribution < -0.4 is 0 Å². The fourth-order valence-corrected chi connectivity index (χ4v) is 0.772. The number of carbonyl (C=O) groups is 2. The molecule has 0 saturated heterocycles. The van der Waals surface area contributed by atoms with Crippen LogP contribution in [0.25, 0.3) is 0 Å². The Labute approximate surface area is 76.3 Å². The number of carboxylic acid groups (broad SMARTS) is 2. The SMILES string of the molecule is CC(/C(=C/C(=O)O)C(=O)O)N(C)C. The molecule has 0 spiro atoms. The van der Waals surface area contributed by atoms with Gasteiger partial charge in [-0.25, -0.2) is 9.59 Å². The standard InChI is InChI=1S/C8H13NO4/c1-5(9(2)3)6(8(12)13)4-7(10)11/h4-5H,1-3H3,(H,10,11)(H,12,13)/b6-4-. The predicted molar refractivity (Wildman–Crippen MR) is 46.5 cm³/mol. The molecule has 1 atom stereocenters. The van der Waals surface area contributed by atoms with Crippen LogP contribution in [-0.2, 0) is 9.59 Å². The highest BCUT2D eigenvalue weighted by molar-refractivity contribution is 5.95. The van der Waals surface area contributed by atoms with Crippen molar-refractivity contribution in [2.45, 2.75) is 13.0 Å². The van der Waals surface area contributed by atoms with E-state index in [1.165, 1.54) is 0 Å². The smallest absolute Gasteiger partial charge is 0.333 e. The molecule has 0 fully saturated rings. The molecule has 0 heterocycles. The first-order valence-electron chi connectivity index (χ1n) is 3.70. The van der Waals surface area contributed by atoms with Gasteiger partial charge in [0.2, 0.25) is 0 Å². The summed E-state index contributed by atoms with van der Waals surface area (Å²) in [5.41, 5.74) is -0.127. The summed E-state index contributed by atoms with van der Waals surface area (Å²) in [6.07, 6.45) is 0.715. The van der Waals surface area contributed by atoms with Crippen molar-refractivity contribution >= 4 is 11.9 Å². The first kappa shape index (κ1) is 11.6. The molecule has 74 valence electrons. The number of aliphatic carboxylic acids is 2. The van der Waals surface area contributed by atoms with Crippen molar-refractivity contribution in [3.8, 4) is 0 Å².